The van der Waals surface area contributed by atoms with Crippen LogP contribution in [0.25, 0.3) is 0 Å². The molecule has 0 radical (unpaired) electrons. The molecule has 0 aliphatic heterocycles. The Morgan fingerprint density at radius 2 is 1.54 bits per heavy atom. The smallest absolute Gasteiger partial charge is 0.339 e. The van der Waals surface area contributed by atoms with Crippen LogP contribution in [0.3, 0.4) is 0 Å². The number of ether oxygens (including phenoxy) is 2. The molecule has 0 aromatic heterocycles. The summed E-state index contributed by atoms with van der Waals surface area (Å²) in [6, 6.07) is 11.3. The summed E-state index contributed by atoms with van der Waals surface area (Å²) in [5.74, 6) is -1.33. The van der Waals surface area contributed by atoms with Crippen molar-refractivity contribution in [3.63, 3.8) is 0 Å². The van der Waals surface area contributed by atoms with Gasteiger partial charge in [-0.1, -0.05) is 15.9 Å². The van der Waals surface area contributed by atoms with Gasteiger partial charge in [0.1, 0.15) is 0 Å². The molecule has 2 rings (SSSR count). The zero-order chi connectivity index (χ0) is 19.1. The summed E-state index contributed by atoms with van der Waals surface area (Å²) in [4.78, 5) is 35.7. The molecule has 26 heavy (non-hydrogen) atoms. The number of carbonyl (C=O) groups excluding carboxylic acids is 3. The second-order valence-corrected chi connectivity index (χ2v) is 6.01. The number of hydrogen-bond donors (Lipinski definition) is 1. The van der Waals surface area contributed by atoms with Crippen LogP contribution in [0.5, 0.6) is 0 Å². The third-order valence-corrected chi connectivity index (χ3v) is 3.98. The quantitative estimate of drug-likeness (QED) is 0.436. The minimum atomic E-state index is -0.573. The Morgan fingerprint density at radius 1 is 0.923 bits per heavy atom. The number of allylic oxidation sites excluding steroid dienone is 1. The Morgan fingerprint density at radius 3 is 2.15 bits per heavy atom. The molecule has 0 aliphatic carbocycles. The highest BCUT2D eigenvalue weighted by Gasteiger charge is 2.15. The number of anilines is 1. The van der Waals surface area contributed by atoms with E-state index in [2.05, 4.69) is 26.0 Å². The van der Waals surface area contributed by atoms with E-state index in [0.717, 1.165) is 4.47 Å². The Labute approximate surface area is 158 Å². The van der Waals surface area contributed by atoms with Gasteiger partial charge < -0.3 is 14.8 Å². The maximum absolute atomic E-state index is 12.1. The van der Waals surface area contributed by atoms with E-state index in [1.165, 1.54) is 44.7 Å². The van der Waals surface area contributed by atoms with Crippen molar-refractivity contribution in [2.45, 2.75) is 0 Å². The van der Waals surface area contributed by atoms with E-state index >= 15 is 0 Å². The molecule has 6 nitrogen and oxygen atoms in total. The van der Waals surface area contributed by atoms with Gasteiger partial charge in [0.25, 0.3) is 0 Å². The summed E-state index contributed by atoms with van der Waals surface area (Å²) < 4.78 is 10.3. The highest BCUT2D eigenvalue weighted by atomic mass is 79.9. The van der Waals surface area contributed by atoms with Crippen molar-refractivity contribution < 1.29 is 23.9 Å². The largest absolute Gasteiger partial charge is 0.465 e. The standard InChI is InChI=1S/C19H16BrNO5/c1-25-18(23)13-5-8-15(19(24)26-2)16(11-13)21-10-9-17(22)12-3-6-14(20)7-4-12/h3-11,21H,1-2H3. The summed E-state index contributed by atoms with van der Waals surface area (Å²) in [6.07, 6.45) is 2.72. The molecule has 0 saturated carbocycles. The van der Waals surface area contributed by atoms with Crippen LogP contribution in [-0.4, -0.2) is 31.9 Å². The maximum atomic E-state index is 12.1. The van der Waals surface area contributed by atoms with Crippen molar-refractivity contribution in [2.24, 2.45) is 0 Å². The van der Waals surface area contributed by atoms with Gasteiger partial charge in [-0.3, -0.25) is 4.79 Å². The van der Waals surface area contributed by atoms with Gasteiger partial charge in [-0.05, 0) is 42.5 Å². The van der Waals surface area contributed by atoms with Crippen molar-refractivity contribution in [1.29, 1.82) is 0 Å². The predicted octanol–water partition coefficient (Wildman–Crippen LogP) is 3.83. The third kappa shape index (κ3) is 4.80. The monoisotopic (exact) mass is 417 g/mol. The minimum Gasteiger partial charge on any atom is -0.465 e. The molecule has 0 spiro atoms. The van der Waals surface area contributed by atoms with Crippen LogP contribution in [0.2, 0.25) is 0 Å². The third-order valence-electron chi connectivity index (χ3n) is 3.45. The second kappa shape index (κ2) is 8.96. The predicted molar refractivity (Wildman–Crippen MR) is 100 cm³/mol. The van der Waals surface area contributed by atoms with E-state index in [9.17, 15) is 14.4 Å². The molecule has 0 bridgehead atoms. The number of methoxy groups -OCH3 is 2. The Kier molecular flexibility index (Phi) is 6.68. The zero-order valence-electron chi connectivity index (χ0n) is 14.1. The van der Waals surface area contributed by atoms with Gasteiger partial charge in [-0.25, -0.2) is 9.59 Å². The van der Waals surface area contributed by atoms with Gasteiger partial charge in [0.2, 0.25) is 0 Å². The zero-order valence-corrected chi connectivity index (χ0v) is 15.7. The number of esters is 2. The van der Waals surface area contributed by atoms with Crippen molar-refractivity contribution in [2.75, 3.05) is 19.5 Å². The lowest BCUT2D eigenvalue weighted by Gasteiger charge is -2.09. The van der Waals surface area contributed by atoms with Gasteiger partial charge in [0.05, 0.1) is 31.0 Å². The van der Waals surface area contributed by atoms with Crippen molar-refractivity contribution in [3.8, 4) is 0 Å². The van der Waals surface area contributed by atoms with Gasteiger partial charge in [-0.2, -0.15) is 0 Å². The van der Waals surface area contributed by atoms with Crippen LogP contribution in [0, 0.1) is 0 Å². The molecule has 134 valence electrons. The fourth-order valence-electron chi connectivity index (χ4n) is 2.11. The highest BCUT2D eigenvalue weighted by Crippen LogP contribution is 2.20. The maximum Gasteiger partial charge on any atom is 0.339 e. The van der Waals surface area contributed by atoms with Crippen LogP contribution in [-0.2, 0) is 9.47 Å². The average molecular weight is 418 g/mol. The molecule has 0 aliphatic rings. The number of ketones is 1. The number of benzene rings is 2. The lowest BCUT2D eigenvalue weighted by Crippen LogP contribution is -2.08. The van der Waals surface area contributed by atoms with Crippen LogP contribution in [0.4, 0.5) is 5.69 Å². The molecule has 0 heterocycles. The van der Waals surface area contributed by atoms with Gasteiger partial charge in [0, 0.05) is 22.3 Å². The van der Waals surface area contributed by atoms with Gasteiger partial charge in [0.15, 0.2) is 5.78 Å². The van der Waals surface area contributed by atoms with Crippen LogP contribution in [0.1, 0.15) is 31.1 Å². The first-order chi connectivity index (χ1) is 12.5. The summed E-state index contributed by atoms with van der Waals surface area (Å²) >= 11 is 3.31. The minimum absolute atomic E-state index is 0.214. The first-order valence-electron chi connectivity index (χ1n) is 7.50. The fraction of sp³-hybridized carbons (Fsp3) is 0.105. The summed E-state index contributed by atoms with van der Waals surface area (Å²) in [5.41, 5.74) is 1.32. The van der Waals surface area contributed by atoms with Crippen LogP contribution in [0.15, 0.2) is 59.2 Å². The topological polar surface area (TPSA) is 81.7 Å². The van der Waals surface area contributed by atoms with Crippen molar-refractivity contribution >= 4 is 39.3 Å². The molecule has 7 heteroatoms. The van der Waals surface area contributed by atoms with E-state index in [4.69, 9.17) is 4.74 Å². The van der Waals surface area contributed by atoms with Crippen LogP contribution >= 0.6 is 15.9 Å². The molecule has 0 atom stereocenters. The number of halogens is 1. The van der Waals surface area contributed by atoms with Crippen LogP contribution < -0.4 is 5.32 Å². The molecular weight excluding hydrogens is 402 g/mol. The lowest BCUT2D eigenvalue weighted by molar-refractivity contribution is 0.0587. The van der Waals surface area contributed by atoms with E-state index < -0.39 is 11.9 Å². The molecule has 1 N–H and O–H groups in total. The van der Waals surface area contributed by atoms with E-state index in [1.54, 1.807) is 24.3 Å². The van der Waals surface area contributed by atoms with Gasteiger partial charge >= 0.3 is 11.9 Å². The van der Waals surface area contributed by atoms with Crippen molar-refractivity contribution in [1.82, 2.24) is 0 Å². The Bertz CT molecular complexity index is 859. The average Bonchev–Trinajstić information content (AvgIpc) is 2.67. The first-order valence-corrected chi connectivity index (χ1v) is 8.29. The Hall–Kier alpha value is -2.93. The lowest BCUT2D eigenvalue weighted by atomic mass is 10.1. The van der Waals surface area contributed by atoms with Crippen molar-refractivity contribution in [3.05, 3.63) is 75.9 Å². The second-order valence-electron chi connectivity index (χ2n) is 5.09. The number of rotatable bonds is 6. The highest BCUT2D eigenvalue weighted by molar-refractivity contribution is 9.10. The summed E-state index contributed by atoms with van der Waals surface area (Å²) in [6.45, 7) is 0. The number of hydrogen-bond acceptors (Lipinski definition) is 6. The number of carbonyl (C=O) groups is 3. The Balaban J connectivity index is 2.23. The normalized spacial score (nSPS) is 10.4. The summed E-state index contributed by atoms with van der Waals surface area (Å²) in [7, 11) is 2.52. The molecule has 0 fully saturated rings. The summed E-state index contributed by atoms with van der Waals surface area (Å²) in [5, 5.41) is 2.84. The SMILES string of the molecule is COC(=O)c1ccc(C(=O)OC)c(NC=CC(=O)c2ccc(Br)cc2)c1. The molecular formula is C19H16BrNO5. The number of nitrogens with one attached hydrogen (secondary N) is 1. The molecule has 2 aromatic carbocycles. The fourth-order valence-corrected chi connectivity index (χ4v) is 2.38. The van der Waals surface area contributed by atoms with E-state index in [-0.39, 0.29) is 16.9 Å². The molecule has 0 saturated heterocycles. The van der Waals surface area contributed by atoms with E-state index in [1.807, 2.05) is 0 Å². The van der Waals surface area contributed by atoms with E-state index in [0.29, 0.717) is 11.3 Å². The molecule has 0 unspecified atom stereocenters. The molecule has 2 aromatic rings. The molecule has 0 amide bonds. The first kappa shape index (κ1) is 19.4. The van der Waals surface area contributed by atoms with Gasteiger partial charge in [-0.15, -0.1) is 0 Å².